The molecular formula is C3H8MgN6. The Labute approximate surface area is 76.3 Å². The summed E-state index contributed by atoms with van der Waals surface area (Å²) < 4.78 is 0. The molecule has 1 heterocycles. The summed E-state index contributed by atoms with van der Waals surface area (Å²) in [6.07, 6.45) is 0. The van der Waals surface area contributed by atoms with E-state index in [0.29, 0.717) is 0 Å². The van der Waals surface area contributed by atoms with Crippen LogP contribution in [-0.4, -0.2) is 38.0 Å². The van der Waals surface area contributed by atoms with Crippen LogP contribution >= 0.6 is 0 Å². The molecular weight excluding hydrogens is 144 g/mol. The van der Waals surface area contributed by atoms with Crippen molar-refractivity contribution in [3.63, 3.8) is 0 Å². The zero-order chi connectivity index (χ0) is 6.85. The van der Waals surface area contributed by atoms with Gasteiger partial charge < -0.3 is 20.1 Å². The Hall–Kier alpha value is -0.824. The van der Waals surface area contributed by atoms with Gasteiger partial charge in [-0.1, -0.05) is 0 Å². The molecule has 0 aliphatic carbocycles. The van der Waals surface area contributed by atoms with E-state index in [4.69, 9.17) is 17.2 Å². The van der Waals surface area contributed by atoms with Crippen molar-refractivity contribution in [1.29, 1.82) is 0 Å². The minimum atomic E-state index is 0. The summed E-state index contributed by atoms with van der Waals surface area (Å²) in [5.41, 5.74) is 15.4. The third-order valence-electron chi connectivity index (χ3n) is 0.687. The molecule has 10 heavy (non-hydrogen) atoms. The summed E-state index contributed by atoms with van der Waals surface area (Å²) in [5, 5.41) is 0. The van der Waals surface area contributed by atoms with Crippen LogP contribution in [0.5, 0.6) is 0 Å². The van der Waals surface area contributed by atoms with Gasteiger partial charge in [-0.15, -0.1) is 0 Å². The normalized spacial score (nSPS) is 8.40. The predicted octanol–water partition coefficient (Wildman–Crippen LogP) is -1.54. The van der Waals surface area contributed by atoms with Crippen molar-refractivity contribution in [2.45, 2.75) is 0 Å². The summed E-state index contributed by atoms with van der Waals surface area (Å²) >= 11 is 0. The zero-order valence-electron chi connectivity index (χ0n) is 7.28. The number of hydrogen-bond acceptors (Lipinski definition) is 6. The number of anilines is 3. The van der Waals surface area contributed by atoms with Crippen LogP contribution in [0.4, 0.5) is 17.8 Å². The first-order valence-corrected chi connectivity index (χ1v) is 2.21. The zero-order valence-corrected chi connectivity index (χ0v) is 6.70. The number of nitrogen functional groups attached to an aromatic ring is 3. The maximum Gasteiger partial charge on any atom is 2.00 e. The van der Waals surface area contributed by atoms with E-state index >= 15 is 0 Å². The molecule has 0 amide bonds. The molecule has 6 nitrogen and oxygen atoms in total. The van der Waals surface area contributed by atoms with Crippen LogP contribution in [0.3, 0.4) is 0 Å². The molecule has 0 radical (unpaired) electrons. The van der Waals surface area contributed by atoms with Gasteiger partial charge in [-0.05, 0) is 0 Å². The van der Waals surface area contributed by atoms with Crippen LogP contribution in [0, 0.1) is 0 Å². The SMILES string of the molecule is Nc1nc(N)nc(N)n1.[H-].[H-].[Mg+2]. The van der Waals surface area contributed by atoms with E-state index in [2.05, 4.69) is 15.0 Å². The molecule has 0 aromatic carbocycles. The average molecular weight is 152 g/mol. The first kappa shape index (κ1) is 9.18. The van der Waals surface area contributed by atoms with E-state index in [-0.39, 0.29) is 43.8 Å². The number of nitrogens with two attached hydrogens (primary N) is 3. The predicted molar refractivity (Wildman–Crippen MR) is 41.0 cm³/mol. The average Bonchev–Trinajstić information content (AvgIpc) is 1.59. The molecule has 1 aromatic heterocycles. The van der Waals surface area contributed by atoms with E-state index in [0.717, 1.165) is 0 Å². The molecule has 1 rings (SSSR count). The Morgan fingerprint density at radius 3 is 1.20 bits per heavy atom. The molecule has 7 heteroatoms. The van der Waals surface area contributed by atoms with Gasteiger partial charge in [0.2, 0.25) is 17.8 Å². The van der Waals surface area contributed by atoms with Crippen LogP contribution in [0.15, 0.2) is 0 Å². The second kappa shape index (κ2) is 3.37. The van der Waals surface area contributed by atoms with Crippen molar-refractivity contribution in [2.75, 3.05) is 17.2 Å². The Kier molecular flexibility index (Phi) is 3.09. The van der Waals surface area contributed by atoms with Gasteiger partial charge in [0.25, 0.3) is 0 Å². The minimum Gasteiger partial charge on any atom is -1.00 e. The van der Waals surface area contributed by atoms with Gasteiger partial charge in [-0.3, -0.25) is 0 Å². The maximum atomic E-state index is 5.14. The summed E-state index contributed by atoms with van der Waals surface area (Å²) in [5.74, 6) is 0.125. The van der Waals surface area contributed by atoms with E-state index < -0.39 is 0 Å². The summed E-state index contributed by atoms with van der Waals surface area (Å²) in [6, 6.07) is 0. The van der Waals surface area contributed by atoms with Gasteiger partial charge in [-0.25, -0.2) is 0 Å². The van der Waals surface area contributed by atoms with E-state index in [1.54, 1.807) is 0 Å². The van der Waals surface area contributed by atoms with Gasteiger partial charge in [0.1, 0.15) is 0 Å². The standard InChI is InChI=1S/C3H6N6.Mg.2H/c4-1-7-2(5)9-3(6)8-1;;;/h(H6,4,5,6,7,8,9);;;/q;+2;2*-1. The first-order chi connectivity index (χ1) is 4.18. The van der Waals surface area contributed by atoms with E-state index in [1.807, 2.05) is 0 Å². The van der Waals surface area contributed by atoms with Crippen molar-refractivity contribution in [2.24, 2.45) is 0 Å². The maximum absolute atomic E-state index is 5.14. The molecule has 6 N–H and O–H groups in total. The number of hydrogen-bond donors (Lipinski definition) is 3. The number of rotatable bonds is 0. The van der Waals surface area contributed by atoms with Gasteiger partial charge >= 0.3 is 23.1 Å². The summed E-state index contributed by atoms with van der Waals surface area (Å²) in [7, 11) is 0. The second-order valence-corrected chi connectivity index (χ2v) is 1.41. The Bertz CT molecular complexity index is 182. The van der Waals surface area contributed by atoms with E-state index in [1.165, 1.54) is 0 Å². The molecule has 0 saturated carbocycles. The summed E-state index contributed by atoms with van der Waals surface area (Å²) in [4.78, 5) is 10.5. The van der Waals surface area contributed by atoms with E-state index in [9.17, 15) is 0 Å². The molecule has 0 bridgehead atoms. The number of aromatic nitrogens is 3. The topological polar surface area (TPSA) is 117 Å². The van der Waals surface area contributed by atoms with Crippen LogP contribution in [0.25, 0.3) is 0 Å². The molecule has 0 atom stereocenters. The molecule has 0 unspecified atom stereocenters. The van der Waals surface area contributed by atoms with Crippen molar-refractivity contribution in [3.05, 3.63) is 0 Å². The number of nitrogens with zero attached hydrogens (tertiary/aromatic N) is 3. The molecule has 0 fully saturated rings. The van der Waals surface area contributed by atoms with Gasteiger partial charge in [0.15, 0.2) is 0 Å². The van der Waals surface area contributed by atoms with Gasteiger partial charge in [0, 0.05) is 0 Å². The van der Waals surface area contributed by atoms with Crippen molar-refractivity contribution >= 4 is 40.9 Å². The smallest absolute Gasteiger partial charge is 1.00 e. The Morgan fingerprint density at radius 1 is 0.800 bits per heavy atom. The second-order valence-electron chi connectivity index (χ2n) is 1.41. The van der Waals surface area contributed by atoms with Crippen LogP contribution in [-0.2, 0) is 0 Å². The molecule has 0 saturated heterocycles. The fraction of sp³-hybridized carbons (Fsp3) is 0. The molecule has 0 spiro atoms. The monoisotopic (exact) mass is 152 g/mol. The largest absolute Gasteiger partial charge is 2.00 e. The Balaban J connectivity index is -0.000000270. The van der Waals surface area contributed by atoms with Crippen LogP contribution in [0.2, 0.25) is 0 Å². The fourth-order valence-corrected chi connectivity index (χ4v) is 0.427. The van der Waals surface area contributed by atoms with Gasteiger partial charge in [-0.2, -0.15) is 15.0 Å². The van der Waals surface area contributed by atoms with Crippen LogP contribution in [0.1, 0.15) is 2.85 Å². The fourth-order valence-electron chi connectivity index (χ4n) is 0.427. The van der Waals surface area contributed by atoms with Crippen molar-refractivity contribution < 1.29 is 2.85 Å². The molecule has 1 aromatic rings. The first-order valence-electron chi connectivity index (χ1n) is 2.21. The Morgan fingerprint density at radius 2 is 1.00 bits per heavy atom. The van der Waals surface area contributed by atoms with Crippen LogP contribution < -0.4 is 17.2 Å². The summed E-state index contributed by atoms with van der Waals surface area (Å²) in [6.45, 7) is 0. The quantitative estimate of drug-likeness (QED) is 0.388. The molecule has 52 valence electrons. The molecule has 0 aliphatic heterocycles. The van der Waals surface area contributed by atoms with Crippen molar-refractivity contribution in [3.8, 4) is 0 Å². The third kappa shape index (κ3) is 2.19. The van der Waals surface area contributed by atoms with Crippen molar-refractivity contribution in [1.82, 2.24) is 15.0 Å². The van der Waals surface area contributed by atoms with Gasteiger partial charge in [0.05, 0.1) is 0 Å². The molecule has 0 aliphatic rings. The minimum absolute atomic E-state index is 0. The third-order valence-corrected chi connectivity index (χ3v) is 0.687.